The molecule has 2 saturated heterocycles. The lowest BCUT2D eigenvalue weighted by molar-refractivity contribution is -0.137. The monoisotopic (exact) mass is 464 g/mol. The fourth-order valence-electron chi connectivity index (χ4n) is 4.13. The fraction of sp³-hybridized carbons (Fsp3) is 0.409. The summed E-state index contributed by atoms with van der Waals surface area (Å²) in [5, 5.41) is 4.97. The molecular weight excluding hydrogens is 441 g/mol. The van der Waals surface area contributed by atoms with Gasteiger partial charge in [-0.25, -0.2) is 4.79 Å². The molecule has 11 heteroatoms. The molecular formula is C22H23F3N4O4. The van der Waals surface area contributed by atoms with Gasteiger partial charge < -0.3 is 20.0 Å². The summed E-state index contributed by atoms with van der Waals surface area (Å²) in [5.74, 6) is -1.29. The summed E-state index contributed by atoms with van der Waals surface area (Å²) in [5.41, 5.74) is -1.93. The van der Waals surface area contributed by atoms with E-state index in [1.54, 1.807) is 6.07 Å². The van der Waals surface area contributed by atoms with E-state index in [2.05, 4.69) is 10.6 Å². The van der Waals surface area contributed by atoms with Crippen molar-refractivity contribution >= 4 is 29.2 Å². The summed E-state index contributed by atoms with van der Waals surface area (Å²) in [6, 6.07) is 5.48. The molecule has 2 N–H and O–H groups in total. The highest BCUT2D eigenvalue weighted by atomic mass is 19.4. The van der Waals surface area contributed by atoms with Gasteiger partial charge in [0.25, 0.3) is 5.91 Å². The summed E-state index contributed by atoms with van der Waals surface area (Å²) in [4.78, 5) is 40.6. The maximum absolute atomic E-state index is 13.3. The SMILES string of the molecule is C[C@]1(c2ccco2)NC(=O)N(CC(=O)Nc2cc(C(F)(F)F)ccc2N2CCCCC2)C1=O. The molecule has 0 saturated carbocycles. The van der Waals surface area contributed by atoms with Crippen LogP contribution in [0.5, 0.6) is 0 Å². The minimum atomic E-state index is -4.59. The van der Waals surface area contributed by atoms with E-state index in [1.165, 1.54) is 25.3 Å². The van der Waals surface area contributed by atoms with Crippen molar-refractivity contribution in [2.24, 2.45) is 0 Å². The average molecular weight is 464 g/mol. The molecule has 176 valence electrons. The van der Waals surface area contributed by atoms with Crippen LogP contribution in [-0.2, 0) is 21.3 Å². The Morgan fingerprint density at radius 3 is 2.55 bits per heavy atom. The maximum atomic E-state index is 13.3. The highest BCUT2D eigenvalue weighted by molar-refractivity contribution is 6.10. The van der Waals surface area contributed by atoms with Gasteiger partial charge in [0.1, 0.15) is 12.3 Å². The van der Waals surface area contributed by atoms with Gasteiger partial charge >= 0.3 is 12.2 Å². The van der Waals surface area contributed by atoms with Crippen molar-refractivity contribution < 1.29 is 32.0 Å². The second-order valence-corrected chi connectivity index (χ2v) is 8.25. The van der Waals surface area contributed by atoms with Crippen LogP contribution in [0.3, 0.4) is 0 Å². The lowest BCUT2D eigenvalue weighted by atomic mass is 9.99. The number of hydrogen-bond donors (Lipinski definition) is 2. The van der Waals surface area contributed by atoms with Gasteiger partial charge in [-0.15, -0.1) is 0 Å². The number of alkyl halides is 3. The lowest BCUT2D eigenvalue weighted by Gasteiger charge is -2.31. The zero-order valence-corrected chi connectivity index (χ0v) is 17.9. The molecule has 3 heterocycles. The summed E-state index contributed by atoms with van der Waals surface area (Å²) in [6.45, 7) is 2.10. The van der Waals surface area contributed by atoms with Crippen LogP contribution >= 0.6 is 0 Å². The molecule has 1 aromatic heterocycles. The molecule has 0 bridgehead atoms. The summed E-state index contributed by atoms with van der Waals surface area (Å²) in [6.07, 6.45) is -0.426. The third-order valence-corrected chi connectivity index (χ3v) is 5.89. The number of anilines is 2. The molecule has 0 unspecified atom stereocenters. The van der Waals surface area contributed by atoms with Gasteiger partial charge in [-0.1, -0.05) is 0 Å². The topological polar surface area (TPSA) is 94.9 Å². The van der Waals surface area contributed by atoms with Crippen molar-refractivity contribution in [1.82, 2.24) is 10.2 Å². The molecule has 2 fully saturated rings. The number of halogens is 3. The first kappa shape index (κ1) is 22.7. The smallest absolute Gasteiger partial charge is 0.416 e. The van der Waals surface area contributed by atoms with E-state index in [9.17, 15) is 27.6 Å². The number of carbonyl (C=O) groups excluding carboxylic acids is 3. The summed E-state index contributed by atoms with van der Waals surface area (Å²) in [7, 11) is 0. The number of nitrogens with zero attached hydrogens (tertiary/aromatic N) is 2. The van der Waals surface area contributed by atoms with Crippen LogP contribution in [0.25, 0.3) is 0 Å². The molecule has 4 rings (SSSR count). The van der Waals surface area contributed by atoms with Gasteiger partial charge in [0.05, 0.1) is 23.2 Å². The minimum absolute atomic E-state index is 0.0161. The predicted octanol–water partition coefficient (Wildman–Crippen LogP) is 3.69. The standard InChI is InChI=1S/C22H23F3N4O4/c1-21(17-6-5-11-33-17)19(31)29(20(32)27-21)13-18(30)26-15-12-14(22(23,24)25)7-8-16(15)28-9-3-2-4-10-28/h5-8,11-12H,2-4,9-10,13H2,1H3,(H,26,30)(H,27,32)/t21-/m1/s1. The number of hydrogen-bond acceptors (Lipinski definition) is 5. The number of imide groups is 1. The second kappa shape index (κ2) is 8.45. The Balaban J connectivity index is 1.55. The molecule has 8 nitrogen and oxygen atoms in total. The number of benzene rings is 1. The average Bonchev–Trinajstić information content (AvgIpc) is 3.38. The highest BCUT2D eigenvalue weighted by Gasteiger charge is 2.51. The highest BCUT2D eigenvalue weighted by Crippen LogP contribution is 2.36. The second-order valence-electron chi connectivity index (χ2n) is 8.25. The van der Waals surface area contributed by atoms with E-state index in [1.807, 2.05) is 4.90 Å². The molecule has 33 heavy (non-hydrogen) atoms. The fourth-order valence-corrected chi connectivity index (χ4v) is 4.13. The molecule has 0 aliphatic carbocycles. The number of carbonyl (C=O) groups is 3. The molecule has 1 aromatic carbocycles. The number of piperidine rings is 1. The molecule has 4 amide bonds. The van der Waals surface area contributed by atoms with E-state index < -0.39 is 41.7 Å². The number of rotatable bonds is 5. The first-order valence-electron chi connectivity index (χ1n) is 10.5. The molecule has 2 aromatic rings. The largest absolute Gasteiger partial charge is 0.466 e. The Morgan fingerprint density at radius 1 is 1.18 bits per heavy atom. The minimum Gasteiger partial charge on any atom is -0.466 e. The van der Waals surface area contributed by atoms with Crippen LogP contribution in [0.15, 0.2) is 41.0 Å². The van der Waals surface area contributed by atoms with Gasteiger partial charge in [0.15, 0.2) is 5.54 Å². The third-order valence-electron chi connectivity index (χ3n) is 5.89. The first-order chi connectivity index (χ1) is 15.6. The van der Waals surface area contributed by atoms with Crippen molar-refractivity contribution in [3.63, 3.8) is 0 Å². The molecule has 0 radical (unpaired) electrons. The Kier molecular flexibility index (Phi) is 5.81. The van der Waals surface area contributed by atoms with Crippen molar-refractivity contribution in [2.75, 3.05) is 29.9 Å². The van der Waals surface area contributed by atoms with Crippen molar-refractivity contribution in [2.45, 2.75) is 37.9 Å². The Labute approximate surface area is 187 Å². The van der Waals surface area contributed by atoms with Gasteiger partial charge in [0, 0.05) is 13.1 Å². The van der Waals surface area contributed by atoms with Gasteiger partial charge in [0.2, 0.25) is 5.91 Å². The molecule has 1 atom stereocenters. The third kappa shape index (κ3) is 4.39. The van der Waals surface area contributed by atoms with E-state index in [-0.39, 0.29) is 11.4 Å². The molecule has 0 spiro atoms. The zero-order valence-electron chi connectivity index (χ0n) is 17.9. The van der Waals surface area contributed by atoms with Crippen LogP contribution in [0.4, 0.5) is 29.3 Å². The zero-order chi connectivity index (χ0) is 23.8. The van der Waals surface area contributed by atoms with Crippen molar-refractivity contribution in [3.8, 4) is 0 Å². The Morgan fingerprint density at radius 2 is 1.91 bits per heavy atom. The number of urea groups is 1. The van der Waals surface area contributed by atoms with Crippen molar-refractivity contribution in [3.05, 3.63) is 47.9 Å². The number of furan rings is 1. The first-order valence-corrected chi connectivity index (χ1v) is 10.5. The lowest BCUT2D eigenvalue weighted by Crippen LogP contribution is -2.42. The van der Waals surface area contributed by atoms with E-state index in [0.717, 1.165) is 31.4 Å². The van der Waals surface area contributed by atoms with Crippen LogP contribution < -0.4 is 15.5 Å². The van der Waals surface area contributed by atoms with Crippen LogP contribution in [0.2, 0.25) is 0 Å². The van der Waals surface area contributed by atoms with Crippen LogP contribution in [0, 0.1) is 0 Å². The van der Waals surface area contributed by atoms with Gasteiger partial charge in [-0.3, -0.25) is 14.5 Å². The van der Waals surface area contributed by atoms with Gasteiger partial charge in [-0.2, -0.15) is 13.2 Å². The Bertz CT molecular complexity index is 1060. The van der Waals surface area contributed by atoms with E-state index in [4.69, 9.17) is 4.42 Å². The quantitative estimate of drug-likeness (QED) is 0.659. The Hall–Kier alpha value is -3.50. The van der Waals surface area contributed by atoms with Crippen LogP contribution in [-0.4, -0.2) is 42.4 Å². The van der Waals surface area contributed by atoms with Gasteiger partial charge in [-0.05, 0) is 56.5 Å². The van der Waals surface area contributed by atoms with Crippen LogP contribution in [0.1, 0.15) is 37.5 Å². The normalized spacial score (nSPS) is 21.3. The molecule has 2 aliphatic rings. The summed E-state index contributed by atoms with van der Waals surface area (Å²) >= 11 is 0. The summed E-state index contributed by atoms with van der Waals surface area (Å²) < 4.78 is 45.1. The number of amides is 4. The molecule has 2 aliphatic heterocycles. The predicted molar refractivity (Wildman–Crippen MR) is 112 cm³/mol. The van der Waals surface area contributed by atoms with Crippen molar-refractivity contribution in [1.29, 1.82) is 0 Å². The maximum Gasteiger partial charge on any atom is 0.416 e. The number of nitrogens with one attached hydrogen (secondary N) is 2. The van der Waals surface area contributed by atoms with E-state index in [0.29, 0.717) is 23.7 Å². The van der Waals surface area contributed by atoms with E-state index >= 15 is 0 Å².